The number of halogens is 1. The van der Waals surface area contributed by atoms with Gasteiger partial charge >= 0.3 is 0 Å². The number of rotatable bonds is 8. The molecule has 0 heterocycles. The summed E-state index contributed by atoms with van der Waals surface area (Å²) in [5.74, 6) is -0.781. The van der Waals surface area contributed by atoms with Crippen LogP contribution < -0.4 is 15.8 Å². The van der Waals surface area contributed by atoms with Gasteiger partial charge in [-0.05, 0) is 90.0 Å². The van der Waals surface area contributed by atoms with E-state index < -0.39 is 5.97 Å². The number of nitrogens with one attached hydrogen (secondary N) is 2. The molecule has 0 aromatic heterocycles. The van der Waals surface area contributed by atoms with Crippen molar-refractivity contribution in [3.8, 4) is 11.1 Å². The normalized spacial score (nSPS) is 11.2. The molecule has 0 saturated heterocycles. The molecule has 2 aliphatic rings. The van der Waals surface area contributed by atoms with Crippen LogP contribution in [0.3, 0.4) is 0 Å². The van der Waals surface area contributed by atoms with Crippen molar-refractivity contribution in [2.75, 3.05) is 5.32 Å². The number of fused-ring (bicyclic) bond motifs is 1. The Labute approximate surface area is 198 Å². The Morgan fingerprint density at radius 3 is 2.47 bits per heavy atom. The van der Waals surface area contributed by atoms with Crippen LogP contribution >= 0.6 is 23.8 Å². The minimum atomic E-state index is -1.15. The highest BCUT2D eigenvalue weighted by Gasteiger charge is 2.15. The molecular weight excluding hydrogens is 442 g/mol. The molecule has 166 valence electrons. The zero-order chi connectivity index (χ0) is 23.1. The molecule has 0 amide bonds. The average Bonchev–Trinajstić information content (AvgIpc) is 2.94. The second kappa shape index (κ2) is 11.1. The van der Waals surface area contributed by atoms with Crippen LogP contribution in [0.4, 0.5) is 5.69 Å². The maximum absolute atomic E-state index is 11.6. The van der Waals surface area contributed by atoms with Crippen molar-refractivity contribution in [2.45, 2.75) is 39.0 Å². The average molecular weight is 467 g/mol. The van der Waals surface area contributed by atoms with E-state index in [1.807, 2.05) is 30.3 Å². The summed E-state index contributed by atoms with van der Waals surface area (Å²) in [6.45, 7) is 4.23. The minimum absolute atomic E-state index is 0.245. The molecule has 5 nitrogen and oxygen atoms in total. The first-order valence-electron chi connectivity index (χ1n) is 10.5. The second-order valence-electron chi connectivity index (χ2n) is 7.80. The van der Waals surface area contributed by atoms with Crippen LogP contribution in [0.1, 0.15) is 54.1 Å². The molecular formula is C25H25ClN3O2S-. The van der Waals surface area contributed by atoms with E-state index >= 15 is 0 Å². The number of carbonyl (C=O) groups excluding carboxylic acids is 1. The number of carboxylic acid groups (broad SMARTS) is 1. The van der Waals surface area contributed by atoms with Crippen LogP contribution in [0, 0.1) is 0 Å². The lowest BCUT2D eigenvalue weighted by Gasteiger charge is -2.06. The monoisotopic (exact) mass is 466 g/mol. The summed E-state index contributed by atoms with van der Waals surface area (Å²) in [5, 5.41) is 19.8. The van der Waals surface area contributed by atoms with E-state index in [0.717, 1.165) is 47.2 Å². The number of aromatic carboxylic acids is 1. The first kappa shape index (κ1) is 23.7. The Morgan fingerprint density at radius 1 is 1.12 bits per heavy atom. The van der Waals surface area contributed by atoms with E-state index in [4.69, 9.17) is 23.8 Å². The molecule has 3 rings (SSSR count). The number of nitrogens with zero attached hydrogens (tertiary/aromatic N) is 1. The van der Waals surface area contributed by atoms with Crippen molar-refractivity contribution >= 4 is 46.8 Å². The summed E-state index contributed by atoms with van der Waals surface area (Å²) in [6, 6.07) is 16.9. The van der Waals surface area contributed by atoms with Gasteiger partial charge in [0.15, 0.2) is 5.11 Å². The van der Waals surface area contributed by atoms with E-state index in [0.29, 0.717) is 16.1 Å². The number of unbranched alkanes of at least 4 members (excludes halogenated alkanes) is 1. The predicted molar refractivity (Wildman–Crippen MR) is 134 cm³/mol. The van der Waals surface area contributed by atoms with E-state index in [-0.39, 0.29) is 5.56 Å². The summed E-state index contributed by atoms with van der Waals surface area (Å²) >= 11 is 11.1. The molecule has 0 fully saturated rings. The number of thiocarbonyl (C=S) groups is 1. The maximum Gasteiger partial charge on any atom is 0.191 e. The summed E-state index contributed by atoms with van der Waals surface area (Å²) in [5.41, 5.74) is 7.70. The quantitative estimate of drug-likeness (QED) is 0.206. The first-order chi connectivity index (χ1) is 15.3. The van der Waals surface area contributed by atoms with Gasteiger partial charge in [-0.25, -0.2) is 0 Å². The molecule has 2 N–H and O–H groups in total. The van der Waals surface area contributed by atoms with Crippen LogP contribution in [-0.4, -0.2) is 17.3 Å². The lowest BCUT2D eigenvalue weighted by atomic mass is 10.0. The third-order valence-electron chi connectivity index (χ3n) is 5.16. The Balaban J connectivity index is 1.56. The summed E-state index contributed by atoms with van der Waals surface area (Å²) < 4.78 is 0. The fraction of sp³-hybridized carbons (Fsp3) is 0.240. The van der Waals surface area contributed by atoms with Gasteiger partial charge < -0.3 is 15.2 Å². The molecule has 0 spiro atoms. The number of hydrogen-bond acceptors (Lipinski definition) is 4. The SMILES string of the molecule is CC(C)c1ccc2c(CCC/C=N/NC(=S)Nc3ccc(Cl)cc3)cc(C(=O)[O-])c-2cc1. The zero-order valence-electron chi connectivity index (χ0n) is 18.0. The van der Waals surface area contributed by atoms with Gasteiger partial charge in [0.2, 0.25) is 0 Å². The van der Waals surface area contributed by atoms with Crippen LogP contribution in [0.15, 0.2) is 59.7 Å². The molecule has 2 aliphatic carbocycles. The molecule has 0 bridgehead atoms. The third kappa shape index (κ3) is 6.28. The Hall–Kier alpha value is -2.96. The summed E-state index contributed by atoms with van der Waals surface area (Å²) in [4.78, 5) is 11.6. The second-order valence-corrected chi connectivity index (χ2v) is 8.64. The van der Waals surface area contributed by atoms with Crippen molar-refractivity contribution in [1.82, 2.24) is 5.43 Å². The highest BCUT2D eigenvalue weighted by atomic mass is 35.5. The van der Waals surface area contributed by atoms with Gasteiger partial charge in [-0.1, -0.05) is 49.7 Å². The van der Waals surface area contributed by atoms with Crippen LogP contribution in [0.5, 0.6) is 0 Å². The van der Waals surface area contributed by atoms with Crippen molar-refractivity contribution < 1.29 is 9.90 Å². The number of carboxylic acids is 1. The molecule has 0 saturated carbocycles. The van der Waals surface area contributed by atoms with E-state index in [1.54, 1.807) is 24.4 Å². The Bertz CT molecular complexity index is 1100. The molecule has 1 aromatic rings. The number of hydrazone groups is 1. The lowest BCUT2D eigenvalue weighted by molar-refractivity contribution is -0.254. The van der Waals surface area contributed by atoms with Crippen molar-refractivity contribution in [3.63, 3.8) is 0 Å². The van der Waals surface area contributed by atoms with Gasteiger partial charge in [-0.3, -0.25) is 5.43 Å². The van der Waals surface area contributed by atoms with Crippen molar-refractivity contribution in [3.05, 3.63) is 76.3 Å². The van der Waals surface area contributed by atoms with Crippen molar-refractivity contribution in [2.24, 2.45) is 5.10 Å². The highest BCUT2D eigenvalue weighted by Crippen LogP contribution is 2.33. The fourth-order valence-corrected chi connectivity index (χ4v) is 3.74. The number of benzene rings is 1. The van der Waals surface area contributed by atoms with E-state index in [1.165, 1.54) is 0 Å². The molecule has 0 radical (unpaired) electrons. The largest absolute Gasteiger partial charge is 0.545 e. The fourth-order valence-electron chi connectivity index (χ4n) is 3.44. The zero-order valence-corrected chi connectivity index (χ0v) is 19.6. The van der Waals surface area contributed by atoms with Gasteiger partial charge in [0.25, 0.3) is 0 Å². The molecule has 0 unspecified atom stereocenters. The van der Waals surface area contributed by atoms with Gasteiger partial charge in [0.05, 0.1) is 5.97 Å². The van der Waals surface area contributed by atoms with E-state index in [9.17, 15) is 9.90 Å². The third-order valence-corrected chi connectivity index (χ3v) is 5.60. The Morgan fingerprint density at radius 2 is 1.81 bits per heavy atom. The molecule has 0 atom stereocenters. The van der Waals surface area contributed by atoms with Crippen molar-refractivity contribution in [1.29, 1.82) is 0 Å². The van der Waals surface area contributed by atoms with Gasteiger partial charge in [0.1, 0.15) is 0 Å². The predicted octanol–water partition coefficient (Wildman–Crippen LogP) is 5.23. The lowest BCUT2D eigenvalue weighted by Crippen LogP contribution is -2.23. The number of aryl methyl sites for hydroxylation is 1. The number of carbonyl (C=O) groups is 1. The molecule has 7 heteroatoms. The highest BCUT2D eigenvalue weighted by molar-refractivity contribution is 7.80. The standard InChI is InChI=1S/C25H26ClN3O2S/c1-16(2)17-6-12-21-18(15-23(24(30)31)22(21)13-7-17)5-3-4-14-27-29-25(32)28-20-10-8-19(26)9-11-20/h6-16H,3-5H2,1-2H3,(H,30,31)(H2,28,29,32)/p-1/b27-14+. The summed E-state index contributed by atoms with van der Waals surface area (Å²) in [6.07, 6.45) is 4.05. The molecule has 0 aliphatic heterocycles. The van der Waals surface area contributed by atoms with Gasteiger partial charge in [-0.2, -0.15) is 5.10 Å². The smallest absolute Gasteiger partial charge is 0.191 e. The van der Waals surface area contributed by atoms with Crippen LogP contribution in [-0.2, 0) is 6.42 Å². The molecule has 32 heavy (non-hydrogen) atoms. The minimum Gasteiger partial charge on any atom is -0.545 e. The van der Waals surface area contributed by atoms with Gasteiger partial charge in [-0.15, -0.1) is 0 Å². The topological polar surface area (TPSA) is 76.5 Å². The Kier molecular flexibility index (Phi) is 8.20. The van der Waals surface area contributed by atoms with Crippen LogP contribution in [0.25, 0.3) is 11.1 Å². The number of hydrogen-bond donors (Lipinski definition) is 2. The van der Waals surface area contributed by atoms with E-state index in [2.05, 4.69) is 35.8 Å². The van der Waals surface area contributed by atoms with Crippen LogP contribution in [0.2, 0.25) is 5.02 Å². The number of anilines is 1. The van der Waals surface area contributed by atoms with Gasteiger partial charge in [0, 0.05) is 22.5 Å². The maximum atomic E-state index is 11.6. The molecule has 1 aromatic carbocycles. The summed E-state index contributed by atoms with van der Waals surface area (Å²) in [7, 11) is 0. The first-order valence-corrected chi connectivity index (χ1v) is 11.2.